The third kappa shape index (κ3) is 4.97. The fourth-order valence-electron chi connectivity index (χ4n) is 2.15. The fraction of sp³-hybridized carbons (Fsp3) is 0.400. The van der Waals surface area contributed by atoms with Crippen LogP contribution in [0.25, 0.3) is 0 Å². The second-order valence-corrected chi connectivity index (χ2v) is 5.05. The Kier molecular flexibility index (Phi) is 7.30. The quantitative estimate of drug-likeness (QED) is 0.472. The predicted molar refractivity (Wildman–Crippen MR) is 99.3 cm³/mol. The first-order valence-electron chi connectivity index (χ1n) is 6.90. The van der Waals surface area contributed by atoms with Crippen LogP contribution < -0.4 is 5.32 Å². The number of guanidine groups is 1. The van der Waals surface area contributed by atoms with Crippen LogP contribution in [0.3, 0.4) is 0 Å². The van der Waals surface area contributed by atoms with Crippen LogP contribution in [0.5, 0.6) is 0 Å². The first-order chi connectivity index (χ1) is 10.1. The monoisotopic (exact) mass is 414 g/mol. The Bertz CT molecular complexity index is 622. The smallest absolute Gasteiger partial charge is 0.194 e. The minimum atomic E-state index is 0. The number of aryl methyl sites for hydroxylation is 2. The largest absolute Gasteiger partial charge is 0.351 e. The number of nitrogens with one attached hydrogen (secondary N) is 1. The van der Waals surface area contributed by atoms with Gasteiger partial charge in [0, 0.05) is 45.6 Å². The summed E-state index contributed by atoms with van der Waals surface area (Å²) in [6.45, 7) is 3.48. The molecule has 0 spiro atoms. The number of hydrogen-bond donors (Lipinski definition) is 1. The number of aromatic nitrogens is 3. The lowest BCUT2D eigenvalue weighted by atomic mass is 10.2. The second-order valence-electron chi connectivity index (χ2n) is 5.05. The molecule has 0 aliphatic carbocycles. The number of pyridine rings is 1. The van der Waals surface area contributed by atoms with Crippen LogP contribution in [-0.4, -0.2) is 39.7 Å². The van der Waals surface area contributed by atoms with Gasteiger partial charge in [-0.3, -0.25) is 14.7 Å². The molecule has 6 nitrogen and oxygen atoms in total. The SMILES string of the molecule is CN=C(NCc1ncccc1C)N(C)Cc1cnn(C)c1.I. The summed E-state index contributed by atoms with van der Waals surface area (Å²) in [7, 11) is 5.71. The molecule has 22 heavy (non-hydrogen) atoms. The van der Waals surface area contributed by atoms with Gasteiger partial charge in [0.05, 0.1) is 18.4 Å². The molecular formula is C15H23IN6. The van der Waals surface area contributed by atoms with Gasteiger partial charge in [0.15, 0.2) is 5.96 Å². The number of hydrogen-bond acceptors (Lipinski definition) is 3. The van der Waals surface area contributed by atoms with Crippen LogP contribution in [0, 0.1) is 6.92 Å². The standard InChI is InChI=1S/C15H22N6.HI/c1-12-6-5-7-17-14(12)9-18-15(16-2)20(3)10-13-8-19-21(4)11-13;/h5-8,11H,9-10H2,1-4H3,(H,16,18);1H. The van der Waals surface area contributed by atoms with E-state index in [9.17, 15) is 0 Å². The Morgan fingerprint density at radius 1 is 1.45 bits per heavy atom. The third-order valence-corrected chi connectivity index (χ3v) is 3.28. The van der Waals surface area contributed by atoms with Gasteiger partial charge in [0.25, 0.3) is 0 Å². The number of rotatable bonds is 4. The molecule has 0 amide bonds. The first-order valence-corrected chi connectivity index (χ1v) is 6.90. The van der Waals surface area contributed by atoms with Crippen molar-refractivity contribution in [1.29, 1.82) is 0 Å². The van der Waals surface area contributed by atoms with E-state index in [4.69, 9.17) is 0 Å². The van der Waals surface area contributed by atoms with Gasteiger partial charge in [-0.25, -0.2) is 0 Å². The van der Waals surface area contributed by atoms with Crippen molar-refractivity contribution in [3.63, 3.8) is 0 Å². The highest BCUT2D eigenvalue weighted by Crippen LogP contribution is 2.04. The summed E-state index contributed by atoms with van der Waals surface area (Å²) < 4.78 is 1.80. The van der Waals surface area contributed by atoms with Crippen molar-refractivity contribution in [1.82, 2.24) is 25.0 Å². The van der Waals surface area contributed by atoms with Gasteiger partial charge in [-0.1, -0.05) is 6.07 Å². The summed E-state index contributed by atoms with van der Waals surface area (Å²) in [5.41, 5.74) is 3.36. The van der Waals surface area contributed by atoms with E-state index in [1.807, 2.05) is 38.8 Å². The summed E-state index contributed by atoms with van der Waals surface area (Å²) in [6.07, 6.45) is 5.69. The van der Waals surface area contributed by atoms with E-state index in [0.29, 0.717) is 6.54 Å². The first kappa shape index (κ1) is 18.4. The van der Waals surface area contributed by atoms with Crippen LogP contribution >= 0.6 is 24.0 Å². The van der Waals surface area contributed by atoms with Crippen molar-refractivity contribution in [3.05, 3.63) is 47.5 Å². The van der Waals surface area contributed by atoms with Crippen LogP contribution in [0.4, 0.5) is 0 Å². The van der Waals surface area contributed by atoms with Crippen molar-refractivity contribution < 1.29 is 0 Å². The number of aliphatic imine (C=N–C) groups is 1. The van der Waals surface area contributed by atoms with E-state index in [1.54, 1.807) is 11.7 Å². The number of nitrogens with zero attached hydrogens (tertiary/aromatic N) is 5. The molecule has 1 N–H and O–H groups in total. The van der Waals surface area contributed by atoms with E-state index in [2.05, 4.69) is 38.3 Å². The van der Waals surface area contributed by atoms with Crippen molar-refractivity contribution in [2.45, 2.75) is 20.0 Å². The predicted octanol–water partition coefficient (Wildman–Crippen LogP) is 1.95. The molecular weight excluding hydrogens is 391 g/mol. The Labute approximate surface area is 148 Å². The topological polar surface area (TPSA) is 58.3 Å². The highest BCUT2D eigenvalue weighted by molar-refractivity contribution is 14.0. The van der Waals surface area contributed by atoms with Crippen LogP contribution in [0.15, 0.2) is 35.7 Å². The average Bonchev–Trinajstić information content (AvgIpc) is 2.86. The van der Waals surface area contributed by atoms with E-state index >= 15 is 0 Å². The van der Waals surface area contributed by atoms with E-state index in [0.717, 1.165) is 23.8 Å². The minimum absolute atomic E-state index is 0. The molecule has 0 atom stereocenters. The summed E-state index contributed by atoms with van der Waals surface area (Å²) in [5.74, 6) is 0.837. The van der Waals surface area contributed by atoms with Crippen LogP contribution in [-0.2, 0) is 20.1 Å². The van der Waals surface area contributed by atoms with Crippen molar-refractivity contribution >= 4 is 29.9 Å². The molecule has 2 aromatic rings. The summed E-state index contributed by atoms with van der Waals surface area (Å²) in [4.78, 5) is 10.8. The molecule has 0 fully saturated rings. The summed E-state index contributed by atoms with van der Waals surface area (Å²) >= 11 is 0. The molecule has 0 unspecified atom stereocenters. The molecule has 0 bridgehead atoms. The van der Waals surface area contributed by atoms with Crippen molar-refractivity contribution in [2.75, 3.05) is 14.1 Å². The maximum absolute atomic E-state index is 4.38. The molecule has 2 rings (SSSR count). The molecule has 0 aliphatic heterocycles. The normalized spacial score (nSPS) is 11.0. The zero-order valence-electron chi connectivity index (χ0n) is 13.4. The van der Waals surface area contributed by atoms with Gasteiger partial charge >= 0.3 is 0 Å². The lowest BCUT2D eigenvalue weighted by Gasteiger charge is -2.21. The van der Waals surface area contributed by atoms with Crippen LogP contribution in [0.2, 0.25) is 0 Å². The second kappa shape index (κ2) is 8.72. The van der Waals surface area contributed by atoms with E-state index in [-0.39, 0.29) is 24.0 Å². The van der Waals surface area contributed by atoms with Gasteiger partial charge in [-0.15, -0.1) is 24.0 Å². The van der Waals surface area contributed by atoms with Gasteiger partial charge in [-0.2, -0.15) is 5.10 Å². The highest BCUT2D eigenvalue weighted by Gasteiger charge is 2.08. The average molecular weight is 414 g/mol. The van der Waals surface area contributed by atoms with Crippen molar-refractivity contribution in [2.24, 2.45) is 12.0 Å². The molecule has 0 saturated carbocycles. The maximum Gasteiger partial charge on any atom is 0.194 e. The third-order valence-electron chi connectivity index (χ3n) is 3.28. The van der Waals surface area contributed by atoms with Crippen molar-refractivity contribution in [3.8, 4) is 0 Å². The van der Waals surface area contributed by atoms with E-state index < -0.39 is 0 Å². The molecule has 7 heteroatoms. The van der Waals surface area contributed by atoms with Gasteiger partial charge < -0.3 is 10.2 Å². The molecule has 2 aromatic heterocycles. The van der Waals surface area contributed by atoms with Gasteiger partial charge in [0.2, 0.25) is 0 Å². The van der Waals surface area contributed by atoms with Gasteiger partial charge in [0.1, 0.15) is 0 Å². The van der Waals surface area contributed by atoms with Gasteiger partial charge in [-0.05, 0) is 18.6 Å². The molecule has 0 saturated heterocycles. The zero-order valence-corrected chi connectivity index (χ0v) is 15.8. The summed E-state index contributed by atoms with van der Waals surface area (Å²) in [5, 5.41) is 7.52. The Morgan fingerprint density at radius 2 is 2.23 bits per heavy atom. The highest BCUT2D eigenvalue weighted by atomic mass is 127. The maximum atomic E-state index is 4.38. The Morgan fingerprint density at radius 3 is 2.82 bits per heavy atom. The molecule has 0 radical (unpaired) electrons. The molecule has 120 valence electrons. The molecule has 2 heterocycles. The Hall–Kier alpha value is -1.64. The summed E-state index contributed by atoms with van der Waals surface area (Å²) in [6, 6.07) is 4.01. The zero-order chi connectivity index (χ0) is 15.2. The van der Waals surface area contributed by atoms with E-state index in [1.165, 1.54) is 5.56 Å². The minimum Gasteiger partial charge on any atom is -0.351 e. The van der Waals surface area contributed by atoms with Crippen LogP contribution in [0.1, 0.15) is 16.8 Å². The number of halogens is 1. The lowest BCUT2D eigenvalue weighted by Crippen LogP contribution is -2.38. The molecule has 0 aromatic carbocycles. The fourth-order valence-corrected chi connectivity index (χ4v) is 2.15. The molecule has 0 aliphatic rings. The Balaban J connectivity index is 0.00000242. The lowest BCUT2D eigenvalue weighted by molar-refractivity contribution is 0.475.